The first-order chi connectivity index (χ1) is 6.79. The molecule has 0 fully saturated rings. The van der Waals surface area contributed by atoms with Gasteiger partial charge in [-0.15, -0.1) is 0 Å². The quantitative estimate of drug-likeness (QED) is 0.894. The van der Waals surface area contributed by atoms with Gasteiger partial charge in [0.05, 0.1) is 0 Å². The highest BCUT2D eigenvalue weighted by Crippen LogP contribution is 2.19. The summed E-state index contributed by atoms with van der Waals surface area (Å²) in [5, 5.41) is 6.60. The van der Waals surface area contributed by atoms with Crippen LogP contribution in [0.5, 0.6) is 0 Å². The molecule has 72 valence electrons. The van der Waals surface area contributed by atoms with Crippen molar-refractivity contribution in [2.24, 2.45) is 0 Å². The third kappa shape index (κ3) is 1.77. The average Bonchev–Trinajstić information content (AvgIpc) is 2.67. The van der Waals surface area contributed by atoms with Crippen LogP contribution in [0, 0.1) is 0 Å². The Morgan fingerprint density at radius 2 is 2.00 bits per heavy atom. The SMILES string of the molecule is CNc1nc(-c2ccc(Br)cc2)no1. The summed E-state index contributed by atoms with van der Waals surface area (Å²) in [4.78, 5) is 4.12. The highest BCUT2D eigenvalue weighted by molar-refractivity contribution is 9.10. The van der Waals surface area contributed by atoms with Crippen molar-refractivity contribution in [3.8, 4) is 11.4 Å². The van der Waals surface area contributed by atoms with Crippen molar-refractivity contribution in [2.75, 3.05) is 12.4 Å². The molecule has 1 aromatic heterocycles. The Labute approximate surface area is 89.5 Å². The number of halogens is 1. The predicted molar refractivity (Wildman–Crippen MR) is 57.0 cm³/mol. The van der Waals surface area contributed by atoms with E-state index in [2.05, 4.69) is 31.4 Å². The molecule has 0 amide bonds. The van der Waals surface area contributed by atoms with Crippen LogP contribution in [-0.4, -0.2) is 17.2 Å². The molecular weight excluding hydrogens is 246 g/mol. The number of benzene rings is 1. The Bertz CT molecular complexity index is 424. The molecular formula is C9H8BrN3O. The predicted octanol–water partition coefficient (Wildman–Crippen LogP) is 2.54. The molecule has 5 heteroatoms. The summed E-state index contributed by atoms with van der Waals surface area (Å²) in [7, 11) is 1.73. The topological polar surface area (TPSA) is 51.0 Å². The number of rotatable bonds is 2. The van der Waals surface area contributed by atoms with Crippen LogP contribution in [0.2, 0.25) is 0 Å². The van der Waals surface area contributed by atoms with Gasteiger partial charge in [-0.05, 0) is 24.3 Å². The molecule has 0 bridgehead atoms. The average molecular weight is 254 g/mol. The monoisotopic (exact) mass is 253 g/mol. The third-order valence-electron chi connectivity index (χ3n) is 1.74. The van der Waals surface area contributed by atoms with Crippen LogP contribution in [0.25, 0.3) is 11.4 Å². The lowest BCUT2D eigenvalue weighted by Gasteiger charge is -1.93. The molecule has 2 rings (SSSR count). The van der Waals surface area contributed by atoms with Gasteiger partial charge in [-0.25, -0.2) is 0 Å². The maximum Gasteiger partial charge on any atom is 0.321 e. The Kier molecular flexibility index (Phi) is 2.49. The van der Waals surface area contributed by atoms with E-state index in [-0.39, 0.29) is 0 Å². The first-order valence-corrected chi connectivity index (χ1v) is 4.86. The second-order valence-electron chi connectivity index (χ2n) is 2.68. The summed E-state index contributed by atoms with van der Waals surface area (Å²) in [6.45, 7) is 0. The van der Waals surface area contributed by atoms with E-state index in [1.807, 2.05) is 24.3 Å². The van der Waals surface area contributed by atoms with E-state index < -0.39 is 0 Å². The number of hydrogen-bond acceptors (Lipinski definition) is 4. The fraction of sp³-hybridized carbons (Fsp3) is 0.111. The van der Waals surface area contributed by atoms with E-state index in [1.54, 1.807) is 7.05 Å². The van der Waals surface area contributed by atoms with Crippen LogP contribution in [-0.2, 0) is 0 Å². The first kappa shape index (κ1) is 9.21. The van der Waals surface area contributed by atoms with Crippen LogP contribution in [0.3, 0.4) is 0 Å². The van der Waals surface area contributed by atoms with E-state index >= 15 is 0 Å². The van der Waals surface area contributed by atoms with Gasteiger partial charge in [-0.3, -0.25) is 0 Å². The zero-order chi connectivity index (χ0) is 9.97. The number of anilines is 1. The Balaban J connectivity index is 2.34. The number of nitrogens with zero attached hydrogens (tertiary/aromatic N) is 2. The second kappa shape index (κ2) is 3.79. The minimum absolute atomic E-state index is 0.419. The van der Waals surface area contributed by atoms with Gasteiger partial charge >= 0.3 is 6.01 Å². The zero-order valence-electron chi connectivity index (χ0n) is 7.49. The third-order valence-corrected chi connectivity index (χ3v) is 2.27. The zero-order valence-corrected chi connectivity index (χ0v) is 9.08. The highest BCUT2D eigenvalue weighted by Gasteiger charge is 2.05. The Hall–Kier alpha value is -1.36. The molecule has 1 N–H and O–H groups in total. The van der Waals surface area contributed by atoms with Gasteiger partial charge in [-0.1, -0.05) is 21.1 Å². The van der Waals surface area contributed by atoms with Gasteiger partial charge in [0.1, 0.15) is 0 Å². The first-order valence-electron chi connectivity index (χ1n) is 4.07. The molecule has 0 aliphatic heterocycles. The lowest BCUT2D eigenvalue weighted by molar-refractivity contribution is 0.434. The van der Waals surface area contributed by atoms with E-state index in [0.717, 1.165) is 10.0 Å². The molecule has 2 aromatic rings. The van der Waals surface area contributed by atoms with E-state index in [9.17, 15) is 0 Å². The highest BCUT2D eigenvalue weighted by atomic mass is 79.9. The largest absolute Gasteiger partial charge is 0.341 e. The fourth-order valence-electron chi connectivity index (χ4n) is 1.04. The standard InChI is InChI=1S/C9H8BrN3O/c1-11-9-12-8(13-14-9)6-2-4-7(10)5-3-6/h2-5H,1H3,(H,11,12,13). The number of hydrogen-bond donors (Lipinski definition) is 1. The van der Waals surface area contributed by atoms with Gasteiger partial charge in [-0.2, -0.15) is 4.98 Å². The van der Waals surface area contributed by atoms with Crippen LogP contribution in [0.4, 0.5) is 6.01 Å². The molecule has 0 aliphatic rings. The maximum atomic E-state index is 4.91. The fourth-order valence-corrected chi connectivity index (χ4v) is 1.31. The van der Waals surface area contributed by atoms with Gasteiger partial charge in [0.2, 0.25) is 5.82 Å². The molecule has 0 atom stereocenters. The normalized spacial score (nSPS) is 10.1. The summed E-state index contributed by atoms with van der Waals surface area (Å²) in [6, 6.07) is 8.14. The molecule has 1 aromatic carbocycles. The van der Waals surface area contributed by atoms with E-state index in [1.165, 1.54) is 0 Å². The molecule has 4 nitrogen and oxygen atoms in total. The van der Waals surface area contributed by atoms with Gasteiger partial charge in [0, 0.05) is 17.1 Å². The maximum absolute atomic E-state index is 4.91. The molecule has 0 saturated heterocycles. The number of aromatic nitrogens is 2. The molecule has 1 heterocycles. The van der Waals surface area contributed by atoms with Crippen molar-refractivity contribution >= 4 is 21.9 Å². The van der Waals surface area contributed by atoms with Crippen molar-refractivity contribution in [2.45, 2.75) is 0 Å². The van der Waals surface area contributed by atoms with Crippen molar-refractivity contribution < 1.29 is 4.52 Å². The minimum atomic E-state index is 0.419. The molecule has 14 heavy (non-hydrogen) atoms. The summed E-state index contributed by atoms with van der Waals surface area (Å²) in [5.74, 6) is 0.585. The van der Waals surface area contributed by atoms with Crippen LogP contribution >= 0.6 is 15.9 Å². The molecule has 0 spiro atoms. The lowest BCUT2D eigenvalue weighted by atomic mass is 10.2. The molecule has 0 saturated carbocycles. The summed E-state index contributed by atoms with van der Waals surface area (Å²) < 4.78 is 5.94. The van der Waals surface area contributed by atoms with E-state index in [4.69, 9.17) is 4.52 Å². The summed E-state index contributed by atoms with van der Waals surface area (Å²) in [5.41, 5.74) is 0.929. The van der Waals surface area contributed by atoms with Crippen molar-refractivity contribution in [1.82, 2.24) is 10.1 Å². The van der Waals surface area contributed by atoms with Gasteiger partial charge in [0.25, 0.3) is 0 Å². The molecule has 0 unspecified atom stereocenters. The number of nitrogens with one attached hydrogen (secondary N) is 1. The van der Waals surface area contributed by atoms with Crippen molar-refractivity contribution in [3.63, 3.8) is 0 Å². The second-order valence-corrected chi connectivity index (χ2v) is 3.60. The van der Waals surface area contributed by atoms with Crippen molar-refractivity contribution in [3.05, 3.63) is 28.7 Å². The molecule has 0 aliphatic carbocycles. The lowest BCUT2D eigenvalue weighted by Crippen LogP contribution is -1.86. The van der Waals surface area contributed by atoms with E-state index in [0.29, 0.717) is 11.8 Å². The van der Waals surface area contributed by atoms with Crippen LogP contribution in [0.15, 0.2) is 33.3 Å². The Morgan fingerprint density at radius 1 is 1.29 bits per heavy atom. The summed E-state index contributed by atoms with van der Waals surface area (Å²) in [6.07, 6.45) is 0. The van der Waals surface area contributed by atoms with Gasteiger partial charge in [0.15, 0.2) is 0 Å². The Morgan fingerprint density at radius 3 is 2.57 bits per heavy atom. The van der Waals surface area contributed by atoms with Crippen LogP contribution in [0.1, 0.15) is 0 Å². The smallest absolute Gasteiger partial charge is 0.321 e. The van der Waals surface area contributed by atoms with Gasteiger partial charge < -0.3 is 9.84 Å². The van der Waals surface area contributed by atoms with Crippen LogP contribution < -0.4 is 5.32 Å². The minimum Gasteiger partial charge on any atom is -0.341 e. The molecule has 0 radical (unpaired) electrons. The summed E-state index contributed by atoms with van der Waals surface area (Å²) >= 11 is 3.36. The van der Waals surface area contributed by atoms with Crippen molar-refractivity contribution in [1.29, 1.82) is 0 Å².